The average molecular weight is 421 g/mol. The van der Waals surface area contributed by atoms with E-state index in [1.54, 1.807) is 0 Å². The number of amides is 1. The van der Waals surface area contributed by atoms with Gasteiger partial charge >= 0.3 is 0 Å². The van der Waals surface area contributed by atoms with Crippen molar-refractivity contribution in [3.8, 4) is 5.75 Å². The summed E-state index contributed by atoms with van der Waals surface area (Å²) < 4.78 is 0. The molecule has 0 aliphatic heterocycles. The van der Waals surface area contributed by atoms with E-state index in [0.29, 0.717) is 5.56 Å². The smallest absolute Gasteiger partial charge is 0.255 e. The lowest BCUT2D eigenvalue weighted by atomic mass is 9.59. The molecular weight excluding hydrogens is 404 g/mol. The number of aromatic hydroxyl groups is 1. The Labute approximate surface area is 168 Å². The number of hydrogen-bond donors (Lipinski definition) is 6. The summed E-state index contributed by atoms with van der Waals surface area (Å²) >= 11 is 6.00. The lowest BCUT2D eigenvalue weighted by Crippen LogP contribution is -2.58. The molecule has 4 rings (SSSR count). The van der Waals surface area contributed by atoms with Gasteiger partial charge in [0.15, 0.2) is 11.4 Å². The zero-order valence-corrected chi connectivity index (χ0v) is 15.7. The van der Waals surface area contributed by atoms with Gasteiger partial charge in [-0.2, -0.15) is 0 Å². The maximum atomic E-state index is 13.2. The van der Waals surface area contributed by atoms with Gasteiger partial charge in [-0.15, -0.1) is 0 Å². The molecule has 29 heavy (non-hydrogen) atoms. The molecule has 0 saturated heterocycles. The summed E-state index contributed by atoms with van der Waals surface area (Å²) in [6.45, 7) is 0. The summed E-state index contributed by atoms with van der Waals surface area (Å²) in [5, 5.41) is 42.6. The van der Waals surface area contributed by atoms with E-state index in [4.69, 9.17) is 23.1 Å². The van der Waals surface area contributed by atoms with E-state index in [1.807, 2.05) is 0 Å². The molecule has 1 aromatic carbocycles. The van der Waals surface area contributed by atoms with Gasteiger partial charge in [-0.05, 0) is 24.3 Å². The van der Waals surface area contributed by atoms with Gasteiger partial charge in [0.25, 0.3) is 5.91 Å². The molecule has 8 N–H and O–H groups in total. The Morgan fingerprint density at radius 2 is 1.86 bits per heavy atom. The van der Waals surface area contributed by atoms with Gasteiger partial charge in [-0.25, -0.2) is 0 Å². The molecular formula is C19H17ClN2O7. The molecule has 0 aromatic heterocycles. The minimum atomic E-state index is -2.58. The van der Waals surface area contributed by atoms with Gasteiger partial charge in [-0.1, -0.05) is 11.6 Å². The zero-order valence-electron chi connectivity index (χ0n) is 14.9. The van der Waals surface area contributed by atoms with Crippen molar-refractivity contribution in [2.24, 2.45) is 17.6 Å². The summed E-state index contributed by atoms with van der Waals surface area (Å²) in [6.07, 6.45) is -0.220. The van der Waals surface area contributed by atoms with Gasteiger partial charge in [0.1, 0.15) is 22.8 Å². The molecule has 3 atom stereocenters. The van der Waals surface area contributed by atoms with Crippen LogP contribution in [0.4, 0.5) is 5.69 Å². The average Bonchev–Trinajstić information content (AvgIpc) is 2.62. The molecule has 1 saturated carbocycles. The van der Waals surface area contributed by atoms with Crippen molar-refractivity contribution in [3.63, 3.8) is 0 Å². The molecule has 10 heteroatoms. The van der Waals surface area contributed by atoms with E-state index < -0.39 is 57.8 Å². The van der Waals surface area contributed by atoms with Crippen LogP contribution in [0.3, 0.4) is 0 Å². The summed E-state index contributed by atoms with van der Waals surface area (Å²) in [7, 11) is 0. The summed E-state index contributed by atoms with van der Waals surface area (Å²) in [5.74, 6) is -6.87. The number of rotatable bonds is 1. The first-order valence-corrected chi connectivity index (χ1v) is 9.15. The van der Waals surface area contributed by atoms with Gasteiger partial charge in [0.2, 0.25) is 5.78 Å². The Morgan fingerprint density at radius 1 is 1.21 bits per heavy atom. The lowest BCUT2D eigenvalue weighted by molar-refractivity contribution is -0.147. The normalized spacial score (nSPS) is 28.8. The second-order valence-electron chi connectivity index (χ2n) is 7.55. The number of phenolic OH excluding ortho intramolecular Hbond substituents is 1. The Balaban J connectivity index is 1.96. The molecule has 3 aliphatic rings. The minimum Gasteiger partial charge on any atom is -0.508 e. The molecule has 1 amide bonds. The number of ketones is 2. The zero-order chi connectivity index (χ0) is 21.4. The van der Waals surface area contributed by atoms with Crippen LogP contribution in [0.1, 0.15) is 24.0 Å². The van der Waals surface area contributed by atoms with E-state index in [0.717, 1.165) is 6.07 Å². The molecule has 0 heterocycles. The highest BCUT2D eigenvalue weighted by Crippen LogP contribution is 2.53. The van der Waals surface area contributed by atoms with Crippen LogP contribution in [0.2, 0.25) is 5.02 Å². The number of nitrogens with two attached hydrogens (primary N) is 2. The Bertz CT molecular complexity index is 1090. The van der Waals surface area contributed by atoms with E-state index in [9.17, 15) is 34.8 Å². The fraction of sp³-hybridized carbons (Fsp3) is 0.316. The highest BCUT2D eigenvalue weighted by Gasteiger charge is 2.60. The second-order valence-corrected chi connectivity index (χ2v) is 7.96. The fourth-order valence-electron chi connectivity index (χ4n) is 4.69. The van der Waals surface area contributed by atoms with Crippen LogP contribution in [0.15, 0.2) is 23.0 Å². The SMILES string of the molecule is NC(=O)C1=C(O)[C@@]2(O)C(=O)C3=C(O)c4c(O)cc(Cl)c(N)c4CC3CC2CC1=O. The van der Waals surface area contributed by atoms with Crippen molar-refractivity contribution < 1.29 is 34.8 Å². The predicted octanol–water partition coefficient (Wildman–Crippen LogP) is 0.659. The molecule has 1 fully saturated rings. The number of aliphatic hydroxyl groups excluding tert-OH is 2. The van der Waals surface area contributed by atoms with Gasteiger partial charge in [-0.3, -0.25) is 14.4 Å². The van der Waals surface area contributed by atoms with Crippen LogP contribution in [-0.2, 0) is 20.8 Å². The summed E-state index contributed by atoms with van der Waals surface area (Å²) in [5.41, 5.74) is 7.87. The first-order chi connectivity index (χ1) is 13.5. The Kier molecular flexibility index (Phi) is 3.97. The molecule has 0 bridgehead atoms. The molecule has 0 radical (unpaired) electrons. The van der Waals surface area contributed by atoms with Crippen molar-refractivity contribution in [2.75, 3.05) is 5.73 Å². The van der Waals surface area contributed by atoms with Crippen LogP contribution in [0, 0.1) is 11.8 Å². The van der Waals surface area contributed by atoms with Crippen LogP contribution in [0.25, 0.3) is 5.76 Å². The maximum absolute atomic E-state index is 13.2. The number of aliphatic hydroxyl groups is 3. The number of carbonyl (C=O) groups is 3. The van der Waals surface area contributed by atoms with Gasteiger partial charge < -0.3 is 31.9 Å². The number of halogens is 1. The lowest BCUT2D eigenvalue weighted by Gasteiger charge is -2.46. The van der Waals surface area contributed by atoms with Crippen LogP contribution >= 0.6 is 11.6 Å². The molecule has 9 nitrogen and oxygen atoms in total. The van der Waals surface area contributed by atoms with Crippen molar-refractivity contribution >= 4 is 40.5 Å². The number of carbonyl (C=O) groups excluding carboxylic acids is 3. The van der Waals surface area contributed by atoms with Crippen molar-refractivity contribution in [1.82, 2.24) is 0 Å². The van der Waals surface area contributed by atoms with Crippen molar-refractivity contribution in [1.29, 1.82) is 0 Å². The van der Waals surface area contributed by atoms with Gasteiger partial charge in [0.05, 0.1) is 16.3 Å². The second kappa shape index (κ2) is 5.98. The number of primary amides is 1. The number of hydrogen-bond acceptors (Lipinski definition) is 8. The Morgan fingerprint density at radius 3 is 2.48 bits per heavy atom. The monoisotopic (exact) mass is 420 g/mol. The standard InChI is InChI=1S/C19H17ClN2O7/c20-8-4-10(24)12-7(14(8)21)2-5-1-6-3-9(23)13(18(22)28)17(27)19(6,29)16(26)11(5)15(12)25/h4-6,24-25,27,29H,1-3,21H2,(H2,22,28)/t5?,6?,19-/m0/s1. The maximum Gasteiger partial charge on any atom is 0.255 e. The molecule has 1 aromatic rings. The van der Waals surface area contributed by atoms with Crippen LogP contribution in [-0.4, -0.2) is 43.5 Å². The van der Waals surface area contributed by atoms with E-state index in [1.165, 1.54) is 0 Å². The quantitative estimate of drug-likeness (QED) is 0.217. The number of Topliss-reactive ketones (excluding diaryl/α,β-unsaturated/α-hetero) is 2. The first-order valence-electron chi connectivity index (χ1n) is 8.77. The summed E-state index contributed by atoms with van der Waals surface area (Å²) in [6, 6.07) is 1.12. The van der Waals surface area contributed by atoms with Gasteiger partial charge in [0, 0.05) is 24.0 Å². The number of phenols is 1. The van der Waals surface area contributed by atoms with E-state index in [-0.39, 0.29) is 41.1 Å². The minimum absolute atomic E-state index is 0.0373. The number of benzene rings is 1. The number of anilines is 1. The van der Waals surface area contributed by atoms with E-state index >= 15 is 0 Å². The Hall–Kier alpha value is -3.04. The fourth-order valence-corrected chi connectivity index (χ4v) is 4.91. The number of nitrogen functional groups attached to an aromatic ring is 1. The molecule has 2 unspecified atom stereocenters. The highest BCUT2D eigenvalue weighted by atomic mass is 35.5. The molecule has 3 aliphatic carbocycles. The first kappa shape index (κ1) is 19.3. The van der Waals surface area contributed by atoms with Crippen LogP contribution in [0.5, 0.6) is 5.75 Å². The third kappa shape index (κ3) is 2.34. The largest absolute Gasteiger partial charge is 0.508 e. The summed E-state index contributed by atoms with van der Waals surface area (Å²) in [4.78, 5) is 37.0. The highest BCUT2D eigenvalue weighted by molar-refractivity contribution is 6.33. The van der Waals surface area contributed by atoms with Crippen molar-refractivity contribution in [2.45, 2.75) is 24.9 Å². The van der Waals surface area contributed by atoms with E-state index in [2.05, 4.69) is 0 Å². The third-order valence-corrected chi connectivity index (χ3v) is 6.37. The van der Waals surface area contributed by atoms with Crippen molar-refractivity contribution in [3.05, 3.63) is 39.1 Å². The molecule has 152 valence electrons. The topological polar surface area (TPSA) is 184 Å². The predicted molar refractivity (Wildman–Crippen MR) is 101 cm³/mol. The number of fused-ring (bicyclic) bond motifs is 3. The third-order valence-electron chi connectivity index (χ3n) is 6.06. The molecule has 0 spiro atoms. The van der Waals surface area contributed by atoms with Crippen LogP contribution < -0.4 is 11.5 Å².